The number of hydrogen-bond donors (Lipinski definition) is 1. The second-order valence-electron chi connectivity index (χ2n) is 10.4. The number of imidazole rings is 1. The maximum atomic E-state index is 10.8. The van der Waals surface area contributed by atoms with Crippen LogP contribution in [-0.4, -0.2) is 19.6 Å². The summed E-state index contributed by atoms with van der Waals surface area (Å²) in [6.45, 7) is 0. The molecular formula is C38H24N3OPt-. The topological polar surface area (TPSA) is 50.9 Å². The number of pyridine rings is 1. The Morgan fingerprint density at radius 3 is 2.16 bits per heavy atom. The van der Waals surface area contributed by atoms with Gasteiger partial charge in [0.25, 0.3) is 0 Å². The summed E-state index contributed by atoms with van der Waals surface area (Å²) in [5.41, 5.74) is 7.16. The summed E-state index contributed by atoms with van der Waals surface area (Å²) in [7, 11) is 0. The molecule has 0 aliphatic carbocycles. The molecule has 0 aliphatic heterocycles. The summed E-state index contributed by atoms with van der Waals surface area (Å²) in [6, 6.07) is 48.4. The Morgan fingerprint density at radius 2 is 1.33 bits per heavy atom. The molecule has 0 aliphatic rings. The molecule has 4 nitrogen and oxygen atoms in total. The first-order chi connectivity index (χ1) is 20.7. The van der Waals surface area contributed by atoms with E-state index in [2.05, 4.69) is 95.6 Å². The van der Waals surface area contributed by atoms with E-state index in [4.69, 9.17) is 9.97 Å². The molecular weight excluding hydrogens is 710 g/mol. The Bertz CT molecular complexity index is 2270. The quantitative estimate of drug-likeness (QED) is 0.184. The van der Waals surface area contributed by atoms with Crippen molar-refractivity contribution in [1.29, 1.82) is 0 Å². The molecule has 8 aromatic rings. The molecule has 43 heavy (non-hydrogen) atoms. The largest absolute Gasteiger partial charge is 0.507 e. The molecule has 2 heterocycles. The monoisotopic (exact) mass is 733 g/mol. The van der Waals surface area contributed by atoms with Gasteiger partial charge in [-0.05, 0) is 41.1 Å². The van der Waals surface area contributed by atoms with Crippen LogP contribution in [0.2, 0.25) is 0 Å². The van der Waals surface area contributed by atoms with Gasteiger partial charge >= 0.3 is 0 Å². The average molecular weight is 734 g/mol. The van der Waals surface area contributed by atoms with Crippen LogP contribution in [0, 0.1) is 6.07 Å². The molecule has 0 fully saturated rings. The predicted octanol–water partition coefficient (Wildman–Crippen LogP) is 9.23. The third-order valence-electron chi connectivity index (χ3n) is 7.81. The zero-order valence-corrected chi connectivity index (χ0v) is 25.2. The molecule has 0 spiro atoms. The van der Waals surface area contributed by atoms with Crippen LogP contribution in [-0.2, 0) is 21.1 Å². The number of fused-ring (bicyclic) bond motifs is 3. The van der Waals surface area contributed by atoms with E-state index in [1.807, 2.05) is 48.7 Å². The summed E-state index contributed by atoms with van der Waals surface area (Å²) in [5, 5.41) is 15.3. The summed E-state index contributed by atoms with van der Waals surface area (Å²) >= 11 is 0. The van der Waals surface area contributed by atoms with Gasteiger partial charge in [0, 0.05) is 38.6 Å². The second-order valence-corrected chi connectivity index (χ2v) is 10.4. The van der Waals surface area contributed by atoms with Crippen molar-refractivity contribution in [3.8, 4) is 45.2 Å². The summed E-state index contributed by atoms with van der Waals surface area (Å²) < 4.78 is 2.11. The van der Waals surface area contributed by atoms with Crippen molar-refractivity contribution in [3.63, 3.8) is 0 Å². The molecule has 6 aromatic carbocycles. The van der Waals surface area contributed by atoms with Crippen LogP contribution in [0.4, 0.5) is 0 Å². The molecule has 0 amide bonds. The van der Waals surface area contributed by atoms with Gasteiger partial charge in [-0.1, -0.05) is 119 Å². The Kier molecular flexibility index (Phi) is 6.85. The van der Waals surface area contributed by atoms with Crippen LogP contribution < -0.4 is 0 Å². The summed E-state index contributed by atoms with van der Waals surface area (Å²) in [6.07, 6.45) is 1.93. The molecule has 1 N–H and O–H groups in total. The van der Waals surface area contributed by atoms with Crippen LogP contribution >= 0.6 is 0 Å². The fourth-order valence-electron chi connectivity index (χ4n) is 5.81. The zero-order chi connectivity index (χ0) is 28.0. The minimum Gasteiger partial charge on any atom is -0.507 e. The van der Waals surface area contributed by atoms with E-state index in [1.165, 1.54) is 0 Å². The van der Waals surface area contributed by atoms with E-state index in [0.29, 0.717) is 11.4 Å². The number of benzene rings is 6. The molecule has 2 aromatic heterocycles. The van der Waals surface area contributed by atoms with Crippen LogP contribution in [0.5, 0.6) is 5.75 Å². The summed E-state index contributed by atoms with van der Waals surface area (Å²) in [4.78, 5) is 10.0. The van der Waals surface area contributed by atoms with E-state index in [-0.39, 0.29) is 26.8 Å². The van der Waals surface area contributed by atoms with Gasteiger partial charge in [-0.3, -0.25) is 9.55 Å². The molecule has 0 bridgehead atoms. The van der Waals surface area contributed by atoms with Crippen molar-refractivity contribution in [2.75, 3.05) is 0 Å². The minimum atomic E-state index is 0. The first-order valence-corrected chi connectivity index (χ1v) is 13.9. The van der Waals surface area contributed by atoms with Gasteiger partial charge in [0.2, 0.25) is 0 Å². The minimum absolute atomic E-state index is 0. The van der Waals surface area contributed by atoms with Crippen molar-refractivity contribution < 1.29 is 26.2 Å². The molecule has 5 heteroatoms. The first-order valence-electron chi connectivity index (χ1n) is 13.9. The molecule has 0 saturated heterocycles. The van der Waals surface area contributed by atoms with Crippen LogP contribution in [0.1, 0.15) is 0 Å². The number of aromatic nitrogens is 3. The normalized spacial score (nSPS) is 11.2. The van der Waals surface area contributed by atoms with Crippen molar-refractivity contribution >= 4 is 32.6 Å². The fraction of sp³-hybridized carbons (Fsp3) is 0. The number of phenolic OH excluding ortho intramolecular Hbond substituents is 1. The van der Waals surface area contributed by atoms with Gasteiger partial charge in [0.1, 0.15) is 11.6 Å². The van der Waals surface area contributed by atoms with E-state index >= 15 is 0 Å². The van der Waals surface area contributed by atoms with Crippen molar-refractivity contribution in [2.45, 2.75) is 0 Å². The second kappa shape index (κ2) is 11.0. The third kappa shape index (κ3) is 4.61. The summed E-state index contributed by atoms with van der Waals surface area (Å²) in [5.74, 6) is 0.868. The van der Waals surface area contributed by atoms with Crippen molar-refractivity contribution in [1.82, 2.24) is 14.5 Å². The predicted molar refractivity (Wildman–Crippen MR) is 171 cm³/mol. The zero-order valence-electron chi connectivity index (χ0n) is 22.9. The molecule has 8 rings (SSSR count). The number of aromatic hydroxyl groups is 1. The number of nitrogens with zero attached hydrogens (tertiary/aromatic N) is 3. The molecule has 208 valence electrons. The Labute approximate surface area is 263 Å². The van der Waals surface area contributed by atoms with Gasteiger partial charge < -0.3 is 5.11 Å². The Balaban J connectivity index is 0.00000300. The SMILES string of the molecule is Oc1ccccc1-c1nc2c(-c3[c-]c(-c4cc5ccccc5cn4)c4ccccc4c3)cccc2n1-c1ccccc1.[Pt]. The Hall–Kier alpha value is -5.05. The molecule has 0 saturated carbocycles. The molecule has 0 unspecified atom stereocenters. The molecule has 0 radical (unpaired) electrons. The average Bonchev–Trinajstić information content (AvgIpc) is 3.44. The van der Waals surface area contributed by atoms with Crippen LogP contribution in [0.3, 0.4) is 0 Å². The van der Waals surface area contributed by atoms with Gasteiger partial charge in [0.15, 0.2) is 0 Å². The third-order valence-corrected chi connectivity index (χ3v) is 7.81. The number of hydrogen-bond acceptors (Lipinski definition) is 3. The van der Waals surface area contributed by atoms with E-state index in [0.717, 1.165) is 60.6 Å². The van der Waals surface area contributed by atoms with Crippen LogP contribution in [0.15, 0.2) is 140 Å². The maximum absolute atomic E-state index is 10.8. The van der Waals surface area contributed by atoms with Crippen LogP contribution in [0.25, 0.3) is 72.0 Å². The Morgan fingerprint density at radius 1 is 0.628 bits per heavy atom. The molecule has 0 atom stereocenters. The van der Waals surface area contributed by atoms with Gasteiger partial charge in [-0.25, -0.2) is 4.98 Å². The van der Waals surface area contributed by atoms with Gasteiger partial charge in [-0.15, -0.1) is 17.7 Å². The van der Waals surface area contributed by atoms with Gasteiger partial charge in [0.05, 0.1) is 16.6 Å². The first kappa shape index (κ1) is 26.8. The fourth-order valence-corrected chi connectivity index (χ4v) is 5.81. The van der Waals surface area contributed by atoms with E-state index in [1.54, 1.807) is 6.07 Å². The number of phenols is 1. The number of para-hydroxylation sites is 3. The van der Waals surface area contributed by atoms with Crippen molar-refractivity contribution in [3.05, 3.63) is 146 Å². The smallest absolute Gasteiger partial charge is 0.148 e. The van der Waals surface area contributed by atoms with Gasteiger partial charge in [-0.2, -0.15) is 0 Å². The van der Waals surface area contributed by atoms with E-state index in [9.17, 15) is 5.11 Å². The number of rotatable bonds is 4. The van der Waals surface area contributed by atoms with Crippen molar-refractivity contribution in [2.24, 2.45) is 0 Å². The van der Waals surface area contributed by atoms with E-state index < -0.39 is 0 Å². The maximum Gasteiger partial charge on any atom is 0.148 e. The standard InChI is InChI=1S/C38H24N3O.Pt/c42-36-20-9-8-17-32(36)38-40-37-31(18-10-19-35(37)41(38)29-14-2-1-3-15-29)28-21-26-12-6-7-16-30(26)33(22-28)34-23-25-11-4-5-13-27(25)24-39-34;/h1-21,23-24,42H;/q-1;.